The van der Waals surface area contributed by atoms with E-state index in [1.54, 1.807) is 42.5 Å². The first kappa shape index (κ1) is 24.8. The molecule has 0 aromatic heterocycles. The molecule has 34 heavy (non-hydrogen) atoms. The van der Waals surface area contributed by atoms with Crippen LogP contribution in [0.3, 0.4) is 0 Å². The van der Waals surface area contributed by atoms with E-state index in [1.165, 1.54) is 30.3 Å². The average Bonchev–Trinajstić information content (AvgIpc) is 3.19. The Labute approximate surface area is 190 Å². The molecule has 178 valence electrons. The lowest BCUT2D eigenvalue weighted by atomic mass is 9.95. The third-order valence-electron chi connectivity index (χ3n) is 4.89. The highest BCUT2D eigenvalue weighted by atomic mass is 19.4. The number of aliphatic imine (C=N–C) groups is 1. The van der Waals surface area contributed by atoms with Crippen LogP contribution in [0.4, 0.5) is 26.3 Å². The maximum absolute atomic E-state index is 14.0. The summed E-state index contributed by atoms with van der Waals surface area (Å²) in [7, 11) is 0. The van der Waals surface area contributed by atoms with Crippen molar-refractivity contribution in [2.75, 3.05) is 0 Å². The maximum Gasteiger partial charge on any atom is 0.490 e. The molecule has 1 aliphatic heterocycles. The highest BCUT2D eigenvalue weighted by Gasteiger charge is 2.38. The van der Waals surface area contributed by atoms with Gasteiger partial charge in [0.15, 0.2) is 0 Å². The molecule has 2 atom stereocenters. The van der Waals surface area contributed by atoms with E-state index in [-0.39, 0.29) is 29.9 Å². The number of alkyl halides is 3. The highest BCUT2D eigenvalue weighted by Crippen LogP contribution is 2.37. The molecular weight excluding hydrogens is 462 g/mol. The highest BCUT2D eigenvalue weighted by molar-refractivity contribution is 5.87. The molecule has 0 bridgehead atoms. The van der Waals surface area contributed by atoms with Crippen LogP contribution in [0.5, 0.6) is 0 Å². The average molecular weight is 480 g/mol. The molecule has 0 saturated carbocycles. The quantitative estimate of drug-likeness (QED) is 0.467. The van der Waals surface area contributed by atoms with Crippen LogP contribution >= 0.6 is 0 Å². The molecule has 0 fully saturated rings. The van der Waals surface area contributed by atoms with Gasteiger partial charge in [-0.2, -0.15) is 13.2 Å². The first-order chi connectivity index (χ1) is 16.0. The van der Waals surface area contributed by atoms with E-state index in [4.69, 9.17) is 9.90 Å². The van der Waals surface area contributed by atoms with Gasteiger partial charge in [-0.25, -0.2) is 18.0 Å². The van der Waals surface area contributed by atoms with Gasteiger partial charge in [0.05, 0.1) is 6.04 Å². The number of carboxylic acids is 1. The van der Waals surface area contributed by atoms with Gasteiger partial charge in [0, 0.05) is 6.42 Å². The van der Waals surface area contributed by atoms with Crippen molar-refractivity contribution in [3.63, 3.8) is 0 Å². The summed E-state index contributed by atoms with van der Waals surface area (Å²) in [5, 5.41) is 10.4. The fourth-order valence-electron chi connectivity index (χ4n) is 3.38. The molecule has 0 unspecified atom stereocenters. The van der Waals surface area contributed by atoms with E-state index in [0.717, 1.165) is 0 Å². The fourth-order valence-corrected chi connectivity index (χ4v) is 3.38. The van der Waals surface area contributed by atoms with E-state index in [0.29, 0.717) is 22.5 Å². The van der Waals surface area contributed by atoms with Crippen molar-refractivity contribution in [1.82, 2.24) is 5.32 Å². The largest absolute Gasteiger partial charge is 0.490 e. The van der Waals surface area contributed by atoms with E-state index in [9.17, 15) is 26.3 Å². The molecule has 0 radical (unpaired) electrons. The molecule has 0 amide bonds. The first-order valence-electron chi connectivity index (χ1n) is 9.92. The van der Waals surface area contributed by atoms with Gasteiger partial charge in [-0.1, -0.05) is 42.5 Å². The second-order valence-electron chi connectivity index (χ2n) is 7.32. The molecule has 4 nitrogen and oxygen atoms in total. The number of nitrogens with one attached hydrogen (secondary N) is 1. The second-order valence-corrected chi connectivity index (χ2v) is 7.32. The van der Waals surface area contributed by atoms with Crippen molar-refractivity contribution in [2.45, 2.75) is 24.7 Å². The molecule has 2 N–H and O–H groups in total. The van der Waals surface area contributed by atoms with Crippen LogP contribution in [0.1, 0.15) is 28.8 Å². The number of halogens is 6. The van der Waals surface area contributed by atoms with Crippen molar-refractivity contribution >= 4 is 11.8 Å². The number of benzene rings is 3. The van der Waals surface area contributed by atoms with Crippen LogP contribution in [-0.2, 0) is 11.2 Å². The maximum atomic E-state index is 14.0. The molecule has 3 aromatic carbocycles. The Morgan fingerprint density at radius 3 is 2.00 bits per heavy atom. The number of hydrogen-bond acceptors (Lipinski definition) is 3. The number of aliphatic carboxylic acids is 1. The number of carbonyl (C=O) groups is 1. The molecule has 0 spiro atoms. The van der Waals surface area contributed by atoms with Crippen molar-refractivity contribution < 1.29 is 36.2 Å². The number of amidine groups is 1. The van der Waals surface area contributed by atoms with Gasteiger partial charge >= 0.3 is 12.1 Å². The Morgan fingerprint density at radius 2 is 1.44 bits per heavy atom. The molecule has 3 aromatic rings. The van der Waals surface area contributed by atoms with Crippen molar-refractivity contribution in [3.8, 4) is 0 Å². The van der Waals surface area contributed by atoms with Crippen molar-refractivity contribution in [1.29, 1.82) is 0 Å². The van der Waals surface area contributed by atoms with Gasteiger partial charge in [-0.3, -0.25) is 4.99 Å². The van der Waals surface area contributed by atoms with E-state index in [2.05, 4.69) is 10.3 Å². The van der Waals surface area contributed by atoms with E-state index in [1.807, 2.05) is 0 Å². The van der Waals surface area contributed by atoms with Gasteiger partial charge in [-0.05, 0) is 47.0 Å². The van der Waals surface area contributed by atoms with Crippen LogP contribution in [0.2, 0.25) is 0 Å². The topological polar surface area (TPSA) is 61.7 Å². The van der Waals surface area contributed by atoms with Crippen LogP contribution in [0.15, 0.2) is 77.8 Å². The Kier molecular flexibility index (Phi) is 7.60. The summed E-state index contributed by atoms with van der Waals surface area (Å²) < 4.78 is 73.2. The number of rotatable bonds is 4. The molecule has 1 aliphatic rings. The predicted octanol–water partition coefficient (Wildman–Crippen LogP) is 5.76. The standard InChI is InChI=1S/C22H17F3N2.C2HF3O2/c23-17-8-3-6-15(11-17)21-22(16-7-4-9-18(24)12-16)27-20(26-21)13-14-5-1-2-10-19(14)25;3-2(4,5)1(6)7/h1-12,21-22H,13H2,(H,26,27);(H,6,7)/t21-,22+;. The molecule has 10 heteroatoms. The lowest BCUT2D eigenvalue weighted by Gasteiger charge is -2.20. The van der Waals surface area contributed by atoms with Crippen LogP contribution in [0.25, 0.3) is 0 Å². The summed E-state index contributed by atoms with van der Waals surface area (Å²) in [5.41, 5.74) is 1.90. The van der Waals surface area contributed by atoms with Gasteiger partial charge in [-0.15, -0.1) is 0 Å². The van der Waals surface area contributed by atoms with E-state index >= 15 is 0 Å². The minimum absolute atomic E-state index is 0.282. The van der Waals surface area contributed by atoms with Crippen molar-refractivity contribution in [3.05, 3.63) is 107 Å². The third kappa shape index (κ3) is 6.37. The van der Waals surface area contributed by atoms with Gasteiger partial charge in [0.2, 0.25) is 0 Å². The SMILES string of the molecule is Fc1cccc([C@H]2N=C(Cc3ccccc3F)N[C@H]2c2cccc(F)c2)c1.O=C(O)C(F)(F)F. The van der Waals surface area contributed by atoms with Crippen molar-refractivity contribution in [2.24, 2.45) is 4.99 Å². The number of carboxylic acid groups (broad SMARTS) is 1. The minimum atomic E-state index is -5.08. The Hall–Kier alpha value is -3.82. The summed E-state index contributed by atoms with van der Waals surface area (Å²) in [6.45, 7) is 0. The molecule has 1 heterocycles. The van der Waals surface area contributed by atoms with Crippen LogP contribution in [-0.4, -0.2) is 23.1 Å². The normalized spacial score (nSPS) is 17.3. The number of nitrogens with zero attached hydrogens (tertiary/aromatic N) is 1. The Morgan fingerprint density at radius 1 is 0.882 bits per heavy atom. The lowest BCUT2D eigenvalue weighted by Crippen LogP contribution is -2.26. The summed E-state index contributed by atoms with van der Waals surface area (Å²) >= 11 is 0. The Balaban J connectivity index is 0.000000406. The van der Waals surface area contributed by atoms with Crippen LogP contribution < -0.4 is 5.32 Å². The summed E-state index contributed by atoms with van der Waals surface area (Å²) in [5.74, 6) is -3.19. The zero-order chi connectivity index (χ0) is 24.9. The van der Waals surface area contributed by atoms with E-state index < -0.39 is 18.2 Å². The summed E-state index contributed by atoms with van der Waals surface area (Å²) in [6.07, 6.45) is -4.80. The third-order valence-corrected chi connectivity index (χ3v) is 4.89. The minimum Gasteiger partial charge on any atom is -0.475 e. The molecular formula is C24H18F6N2O2. The molecule has 4 rings (SSSR count). The summed E-state index contributed by atoms with van der Waals surface area (Å²) in [4.78, 5) is 13.6. The summed E-state index contributed by atoms with van der Waals surface area (Å²) in [6, 6.07) is 18.2. The Bertz CT molecular complexity index is 1200. The molecule has 0 aliphatic carbocycles. The van der Waals surface area contributed by atoms with Gasteiger partial charge in [0.25, 0.3) is 0 Å². The molecule has 0 saturated heterocycles. The lowest BCUT2D eigenvalue weighted by molar-refractivity contribution is -0.192. The predicted molar refractivity (Wildman–Crippen MR) is 113 cm³/mol. The zero-order valence-corrected chi connectivity index (χ0v) is 17.4. The first-order valence-corrected chi connectivity index (χ1v) is 9.92. The zero-order valence-electron chi connectivity index (χ0n) is 17.4. The fraction of sp³-hybridized carbons (Fsp3) is 0.167. The van der Waals surface area contributed by atoms with Crippen LogP contribution in [0, 0.1) is 17.5 Å². The smallest absolute Gasteiger partial charge is 0.475 e. The number of hydrogen-bond donors (Lipinski definition) is 2. The monoisotopic (exact) mass is 480 g/mol. The van der Waals surface area contributed by atoms with Gasteiger partial charge in [0.1, 0.15) is 29.3 Å². The van der Waals surface area contributed by atoms with Gasteiger partial charge < -0.3 is 10.4 Å². The second kappa shape index (κ2) is 10.4.